The Kier molecular flexibility index (Phi) is 4.26. The van der Waals surface area contributed by atoms with Crippen LogP contribution in [-0.2, 0) is 6.54 Å². The van der Waals surface area contributed by atoms with Gasteiger partial charge in [0.25, 0.3) is 0 Å². The summed E-state index contributed by atoms with van der Waals surface area (Å²) in [6, 6.07) is 6.53. The van der Waals surface area contributed by atoms with E-state index in [0.29, 0.717) is 5.88 Å². The third-order valence-electron chi connectivity index (χ3n) is 2.17. The summed E-state index contributed by atoms with van der Waals surface area (Å²) in [4.78, 5) is 0. The Morgan fingerprint density at radius 1 is 1.23 bits per heavy atom. The van der Waals surface area contributed by atoms with Gasteiger partial charge in [-0.25, -0.2) is 0 Å². The minimum Gasteiger partial charge on any atom is -0.311 e. The van der Waals surface area contributed by atoms with Gasteiger partial charge in [0, 0.05) is 19.0 Å². The molecule has 0 unspecified atom stereocenters. The van der Waals surface area contributed by atoms with Crippen molar-refractivity contribution in [3.8, 4) is 0 Å². The van der Waals surface area contributed by atoms with Gasteiger partial charge in [-0.2, -0.15) is 0 Å². The monoisotopic (exact) mass is 197 g/mol. The Morgan fingerprint density at radius 2 is 2.00 bits per heavy atom. The van der Waals surface area contributed by atoms with Crippen LogP contribution in [-0.4, -0.2) is 12.4 Å². The first-order valence-corrected chi connectivity index (χ1v) is 5.10. The van der Waals surface area contributed by atoms with Crippen molar-refractivity contribution >= 4 is 11.6 Å². The van der Waals surface area contributed by atoms with Crippen molar-refractivity contribution in [2.45, 2.75) is 20.4 Å². The highest BCUT2D eigenvalue weighted by molar-refractivity contribution is 6.18. The maximum absolute atomic E-state index is 5.56. The van der Waals surface area contributed by atoms with Gasteiger partial charge in [-0.05, 0) is 30.5 Å². The highest BCUT2D eigenvalue weighted by atomic mass is 35.5. The van der Waals surface area contributed by atoms with Gasteiger partial charge in [-0.15, -0.1) is 11.6 Å². The third kappa shape index (κ3) is 3.37. The molecule has 0 radical (unpaired) electrons. The summed E-state index contributed by atoms with van der Waals surface area (Å²) in [7, 11) is 0. The van der Waals surface area contributed by atoms with Gasteiger partial charge in [0.2, 0.25) is 0 Å². The van der Waals surface area contributed by atoms with Crippen LogP contribution in [0.2, 0.25) is 0 Å². The van der Waals surface area contributed by atoms with Gasteiger partial charge in [-0.3, -0.25) is 0 Å². The minimum absolute atomic E-state index is 0.671. The standard InChI is InChI=1S/C11H16ClN/c1-9-3-4-11(7-10(9)2)8-13-6-5-12/h3-4,7,13H,5-6,8H2,1-2H3. The number of hydrogen-bond acceptors (Lipinski definition) is 1. The summed E-state index contributed by atoms with van der Waals surface area (Å²) in [5.74, 6) is 0.671. The van der Waals surface area contributed by atoms with Crippen molar-refractivity contribution in [3.63, 3.8) is 0 Å². The van der Waals surface area contributed by atoms with Crippen LogP contribution in [0.3, 0.4) is 0 Å². The molecule has 0 amide bonds. The number of benzene rings is 1. The van der Waals surface area contributed by atoms with E-state index < -0.39 is 0 Å². The Bertz CT molecular complexity index is 271. The largest absolute Gasteiger partial charge is 0.311 e. The highest BCUT2D eigenvalue weighted by Gasteiger charge is 1.95. The fraction of sp³-hybridized carbons (Fsp3) is 0.455. The second-order valence-electron chi connectivity index (χ2n) is 3.28. The smallest absolute Gasteiger partial charge is 0.0348 e. The molecule has 0 spiro atoms. The van der Waals surface area contributed by atoms with E-state index in [4.69, 9.17) is 11.6 Å². The lowest BCUT2D eigenvalue weighted by atomic mass is 10.1. The van der Waals surface area contributed by atoms with E-state index in [1.165, 1.54) is 16.7 Å². The number of nitrogens with one attached hydrogen (secondary N) is 1. The topological polar surface area (TPSA) is 12.0 Å². The van der Waals surface area contributed by atoms with Crippen LogP contribution in [0.1, 0.15) is 16.7 Å². The van der Waals surface area contributed by atoms with Crippen LogP contribution < -0.4 is 5.32 Å². The fourth-order valence-corrected chi connectivity index (χ4v) is 1.35. The van der Waals surface area contributed by atoms with Gasteiger partial charge in [0.15, 0.2) is 0 Å². The lowest BCUT2D eigenvalue weighted by molar-refractivity contribution is 0.729. The zero-order chi connectivity index (χ0) is 9.68. The Balaban J connectivity index is 2.53. The van der Waals surface area contributed by atoms with Crippen molar-refractivity contribution in [1.29, 1.82) is 0 Å². The third-order valence-corrected chi connectivity index (χ3v) is 2.36. The molecular weight excluding hydrogens is 182 g/mol. The van der Waals surface area contributed by atoms with Crippen LogP contribution >= 0.6 is 11.6 Å². The van der Waals surface area contributed by atoms with Crippen molar-refractivity contribution in [1.82, 2.24) is 5.32 Å². The van der Waals surface area contributed by atoms with Crippen molar-refractivity contribution in [3.05, 3.63) is 34.9 Å². The van der Waals surface area contributed by atoms with Crippen molar-refractivity contribution in [2.24, 2.45) is 0 Å². The molecule has 1 aromatic carbocycles. The molecule has 0 aliphatic heterocycles. The maximum Gasteiger partial charge on any atom is 0.0348 e. The molecule has 0 saturated carbocycles. The Hall–Kier alpha value is -0.530. The van der Waals surface area contributed by atoms with Gasteiger partial charge < -0.3 is 5.32 Å². The lowest BCUT2D eigenvalue weighted by Gasteiger charge is -2.05. The second kappa shape index (κ2) is 5.25. The summed E-state index contributed by atoms with van der Waals surface area (Å²) in [6.07, 6.45) is 0. The molecule has 0 aliphatic carbocycles. The average molecular weight is 198 g/mol. The number of rotatable bonds is 4. The Morgan fingerprint density at radius 3 is 2.62 bits per heavy atom. The summed E-state index contributed by atoms with van der Waals surface area (Å²) >= 11 is 5.56. The predicted octanol–water partition coefficient (Wildman–Crippen LogP) is 2.63. The normalized spacial score (nSPS) is 10.4. The zero-order valence-electron chi connectivity index (χ0n) is 8.23. The number of hydrogen-bond donors (Lipinski definition) is 1. The minimum atomic E-state index is 0.671. The SMILES string of the molecule is Cc1ccc(CNCCCl)cc1C. The van der Waals surface area contributed by atoms with E-state index >= 15 is 0 Å². The highest BCUT2D eigenvalue weighted by Crippen LogP contribution is 2.09. The number of alkyl halides is 1. The van der Waals surface area contributed by atoms with E-state index in [9.17, 15) is 0 Å². The summed E-state index contributed by atoms with van der Waals surface area (Å²) in [5, 5.41) is 3.27. The molecule has 1 nitrogen and oxygen atoms in total. The second-order valence-corrected chi connectivity index (χ2v) is 3.66. The molecule has 13 heavy (non-hydrogen) atoms. The van der Waals surface area contributed by atoms with Crippen LogP contribution in [0.4, 0.5) is 0 Å². The molecule has 0 aromatic heterocycles. The molecule has 0 aliphatic rings. The molecule has 2 heteroatoms. The van der Waals surface area contributed by atoms with Crippen molar-refractivity contribution < 1.29 is 0 Å². The van der Waals surface area contributed by atoms with Crippen LogP contribution in [0.25, 0.3) is 0 Å². The Labute approximate surface area is 85.1 Å². The van der Waals surface area contributed by atoms with Gasteiger partial charge in [0.05, 0.1) is 0 Å². The quantitative estimate of drug-likeness (QED) is 0.578. The molecule has 1 rings (SSSR count). The molecule has 72 valence electrons. The summed E-state index contributed by atoms with van der Waals surface area (Å²) in [6.45, 7) is 6.05. The van der Waals surface area contributed by atoms with E-state index in [-0.39, 0.29) is 0 Å². The first-order chi connectivity index (χ1) is 6.24. The number of aryl methyl sites for hydroxylation is 2. The molecule has 0 fully saturated rings. The van der Waals surface area contributed by atoms with Gasteiger partial charge in [0.1, 0.15) is 0 Å². The summed E-state index contributed by atoms with van der Waals surface area (Å²) in [5.41, 5.74) is 4.03. The molecule has 1 aromatic rings. The predicted molar refractivity (Wildman–Crippen MR) is 58.3 cm³/mol. The van der Waals surface area contributed by atoms with E-state index in [1.54, 1.807) is 0 Å². The average Bonchev–Trinajstić information content (AvgIpc) is 2.12. The molecule has 1 N–H and O–H groups in total. The number of halogens is 1. The van der Waals surface area contributed by atoms with Crippen LogP contribution in [0.5, 0.6) is 0 Å². The van der Waals surface area contributed by atoms with Crippen LogP contribution in [0, 0.1) is 13.8 Å². The first-order valence-electron chi connectivity index (χ1n) is 4.57. The molecule has 0 atom stereocenters. The first kappa shape index (κ1) is 10.6. The lowest BCUT2D eigenvalue weighted by Crippen LogP contribution is -2.15. The molecule has 0 saturated heterocycles. The van der Waals surface area contributed by atoms with E-state index in [1.807, 2.05) is 0 Å². The maximum atomic E-state index is 5.56. The van der Waals surface area contributed by atoms with Crippen molar-refractivity contribution in [2.75, 3.05) is 12.4 Å². The van der Waals surface area contributed by atoms with E-state index in [2.05, 4.69) is 37.4 Å². The zero-order valence-corrected chi connectivity index (χ0v) is 8.99. The van der Waals surface area contributed by atoms with Crippen LogP contribution in [0.15, 0.2) is 18.2 Å². The summed E-state index contributed by atoms with van der Waals surface area (Å²) < 4.78 is 0. The fourth-order valence-electron chi connectivity index (χ4n) is 1.21. The molecule has 0 heterocycles. The van der Waals surface area contributed by atoms with Gasteiger partial charge >= 0.3 is 0 Å². The van der Waals surface area contributed by atoms with Gasteiger partial charge in [-0.1, -0.05) is 18.2 Å². The molecular formula is C11H16ClN. The molecule has 0 bridgehead atoms. The van der Waals surface area contributed by atoms with E-state index in [0.717, 1.165) is 13.1 Å².